The van der Waals surface area contributed by atoms with E-state index in [0.717, 1.165) is 17.7 Å². The van der Waals surface area contributed by atoms with E-state index in [2.05, 4.69) is 15.3 Å². The van der Waals surface area contributed by atoms with Gasteiger partial charge in [-0.15, -0.1) is 0 Å². The number of benzene rings is 1. The van der Waals surface area contributed by atoms with Crippen molar-refractivity contribution in [2.45, 2.75) is 26.4 Å². The van der Waals surface area contributed by atoms with E-state index in [0.29, 0.717) is 23.9 Å². The van der Waals surface area contributed by atoms with Crippen LogP contribution in [0.2, 0.25) is 0 Å². The summed E-state index contributed by atoms with van der Waals surface area (Å²) in [5, 5.41) is 13.2. The topological polar surface area (TPSA) is 103 Å². The highest BCUT2D eigenvalue weighted by atomic mass is 16.5. The molecule has 1 aromatic heterocycles. The van der Waals surface area contributed by atoms with Gasteiger partial charge in [-0.05, 0) is 25.5 Å². The molecule has 4 N–H and O–H groups in total. The molecule has 1 atom stereocenters. The zero-order valence-corrected chi connectivity index (χ0v) is 14.2. The SMILES string of the molecule is CCc1nc(N)nc(NCC(O)COc2cccc(OC)c2)c1C. The minimum absolute atomic E-state index is 0.153. The van der Waals surface area contributed by atoms with Crippen molar-refractivity contribution in [1.29, 1.82) is 0 Å². The summed E-state index contributed by atoms with van der Waals surface area (Å²) in [6, 6.07) is 7.24. The Bertz CT molecular complexity index is 679. The van der Waals surface area contributed by atoms with Gasteiger partial charge in [0.2, 0.25) is 5.95 Å². The molecule has 130 valence electrons. The number of hydrogen-bond donors (Lipinski definition) is 3. The third-order valence-corrected chi connectivity index (χ3v) is 3.59. The molecule has 0 aliphatic heterocycles. The highest BCUT2D eigenvalue weighted by Crippen LogP contribution is 2.19. The predicted molar refractivity (Wildman–Crippen MR) is 93.5 cm³/mol. The third-order valence-electron chi connectivity index (χ3n) is 3.59. The lowest BCUT2D eigenvalue weighted by Crippen LogP contribution is -2.27. The normalized spacial score (nSPS) is 11.8. The Labute approximate surface area is 141 Å². The molecule has 7 heteroatoms. The van der Waals surface area contributed by atoms with Gasteiger partial charge in [0.25, 0.3) is 0 Å². The molecule has 0 bridgehead atoms. The van der Waals surface area contributed by atoms with Gasteiger partial charge in [-0.2, -0.15) is 4.98 Å². The number of aryl methyl sites for hydroxylation is 1. The van der Waals surface area contributed by atoms with Crippen LogP contribution in [-0.4, -0.2) is 41.4 Å². The molecule has 1 aromatic carbocycles. The van der Waals surface area contributed by atoms with Crippen LogP contribution in [0.4, 0.5) is 11.8 Å². The van der Waals surface area contributed by atoms with Gasteiger partial charge in [0.15, 0.2) is 0 Å². The molecule has 7 nitrogen and oxygen atoms in total. The predicted octanol–water partition coefficient (Wildman–Crippen LogP) is 1.79. The molecule has 0 aliphatic carbocycles. The fraction of sp³-hybridized carbons (Fsp3) is 0.412. The van der Waals surface area contributed by atoms with Gasteiger partial charge >= 0.3 is 0 Å². The van der Waals surface area contributed by atoms with Crippen LogP contribution in [0.5, 0.6) is 11.5 Å². The number of hydrogen-bond acceptors (Lipinski definition) is 7. The van der Waals surface area contributed by atoms with Gasteiger partial charge in [0.05, 0.1) is 12.8 Å². The Kier molecular flexibility index (Phi) is 6.20. The Morgan fingerprint density at radius 2 is 2.04 bits per heavy atom. The van der Waals surface area contributed by atoms with Crippen LogP contribution in [0, 0.1) is 6.92 Å². The number of methoxy groups -OCH3 is 1. The van der Waals surface area contributed by atoms with Crippen molar-refractivity contribution in [2.24, 2.45) is 0 Å². The number of aromatic nitrogens is 2. The number of aliphatic hydroxyl groups is 1. The summed E-state index contributed by atoms with van der Waals surface area (Å²) in [4.78, 5) is 8.38. The summed E-state index contributed by atoms with van der Waals surface area (Å²) in [6.45, 7) is 4.39. The maximum Gasteiger partial charge on any atom is 0.222 e. The molecular weight excluding hydrogens is 308 g/mol. The summed E-state index contributed by atoms with van der Waals surface area (Å²) in [7, 11) is 1.60. The quantitative estimate of drug-likeness (QED) is 0.677. The van der Waals surface area contributed by atoms with Crippen LogP contribution in [0.3, 0.4) is 0 Å². The van der Waals surface area contributed by atoms with Gasteiger partial charge in [0.1, 0.15) is 30.0 Å². The van der Waals surface area contributed by atoms with E-state index in [1.54, 1.807) is 13.2 Å². The maximum atomic E-state index is 10.1. The highest BCUT2D eigenvalue weighted by Gasteiger charge is 2.11. The summed E-state index contributed by atoms with van der Waals surface area (Å²) in [5.41, 5.74) is 7.54. The number of rotatable bonds is 8. The first-order chi connectivity index (χ1) is 11.5. The molecule has 0 saturated carbocycles. The van der Waals surface area contributed by atoms with Crippen molar-refractivity contribution in [2.75, 3.05) is 31.3 Å². The Morgan fingerprint density at radius 1 is 1.29 bits per heavy atom. The van der Waals surface area contributed by atoms with Crippen LogP contribution in [0.15, 0.2) is 24.3 Å². The van der Waals surface area contributed by atoms with E-state index < -0.39 is 6.10 Å². The molecule has 0 amide bonds. The zero-order valence-electron chi connectivity index (χ0n) is 14.2. The molecule has 0 aliphatic rings. The Morgan fingerprint density at radius 3 is 2.75 bits per heavy atom. The second kappa shape index (κ2) is 8.35. The van der Waals surface area contributed by atoms with Crippen molar-refractivity contribution >= 4 is 11.8 Å². The zero-order chi connectivity index (χ0) is 17.5. The molecule has 2 aromatic rings. The van der Waals surface area contributed by atoms with E-state index in [4.69, 9.17) is 15.2 Å². The lowest BCUT2D eigenvalue weighted by Gasteiger charge is -2.16. The summed E-state index contributed by atoms with van der Waals surface area (Å²) < 4.78 is 10.7. The molecule has 1 unspecified atom stereocenters. The van der Waals surface area contributed by atoms with Crippen LogP contribution < -0.4 is 20.5 Å². The van der Waals surface area contributed by atoms with Crippen LogP contribution in [-0.2, 0) is 6.42 Å². The van der Waals surface area contributed by atoms with Gasteiger partial charge in [-0.1, -0.05) is 13.0 Å². The first kappa shape index (κ1) is 17.8. The summed E-state index contributed by atoms with van der Waals surface area (Å²) in [5.74, 6) is 2.21. The van der Waals surface area contributed by atoms with Crippen molar-refractivity contribution in [1.82, 2.24) is 9.97 Å². The Hall–Kier alpha value is -2.54. The second-order valence-electron chi connectivity index (χ2n) is 5.38. The molecule has 24 heavy (non-hydrogen) atoms. The minimum Gasteiger partial charge on any atom is -0.497 e. The second-order valence-corrected chi connectivity index (χ2v) is 5.38. The first-order valence-electron chi connectivity index (χ1n) is 7.85. The number of nitrogen functional groups attached to an aromatic ring is 1. The van der Waals surface area contributed by atoms with Gasteiger partial charge in [-0.3, -0.25) is 0 Å². The monoisotopic (exact) mass is 332 g/mol. The van der Waals surface area contributed by atoms with Gasteiger partial charge in [-0.25, -0.2) is 4.98 Å². The molecule has 1 heterocycles. The van der Waals surface area contributed by atoms with Crippen LogP contribution in [0.1, 0.15) is 18.2 Å². The molecule has 0 saturated heterocycles. The van der Waals surface area contributed by atoms with Gasteiger partial charge < -0.3 is 25.6 Å². The number of aliphatic hydroxyl groups excluding tert-OH is 1. The van der Waals surface area contributed by atoms with E-state index in [9.17, 15) is 5.11 Å². The smallest absolute Gasteiger partial charge is 0.222 e. The molecule has 2 rings (SSSR count). The van der Waals surface area contributed by atoms with E-state index in [1.807, 2.05) is 32.0 Å². The average Bonchev–Trinajstić information content (AvgIpc) is 2.60. The largest absolute Gasteiger partial charge is 0.497 e. The standard InChI is InChI=1S/C17H24N4O3/c1-4-15-11(2)16(21-17(18)20-15)19-9-12(22)10-24-14-7-5-6-13(8-14)23-3/h5-8,12,22H,4,9-10H2,1-3H3,(H3,18,19,20,21). The average molecular weight is 332 g/mol. The summed E-state index contributed by atoms with van der Waals surface area (Å²) >= 11 is 0. The number of nitrogens with zero attached hydrogens (tertiary/aromatic N) is 2. The van der Waals surface area contributed by atoms with Crippen molar-refractivity contribution in [3.05, 3.63) is 35.5 Å². The number of nitrogens with one attached hydrogen (secondary N) is 1. The molecule has 0 radical (unpaired) electrons. The van der Waals surface area contributed by atoms with Crippen molar-refractivity contribution in [3.8, 4) is 11.5 Å². The fourth-order valence-corrected chi connectivity index (χ4v) is 2.26. The number of anilines is 2. The van der Waals surface area contributed by atoms with Gasteiger partial charge in [0, 0.05) is 18.2 Å². The van der Waals surface area contributed by atoms with Crippen molar-refractivity contribution in [3.63, 3.8) is 0 Å². The Balaban J connectivity index is 1.89. The first-order valence-corrected chi connectivity index (χ1v) is 7.85. The molecule has 0 spiro atoms. The summed E-state index contributed by atoms with van der Waals surface area (Å²) in [6.07, 6.45) is 0.0752. The maximum absolute atomic E-state index is 10.1. The fourth-order valence-electron chi connectivity index (χ4n) is 2.26. The lowest BCUT2D eigenvalue weighted by molar-refractivity contribution is 0.117. The number of nitrogens with two attached hydrogens (primary N) is 1. The van der Waals surface area contributed by atoms with Crippen molar-refractivity contribution < 1.29 is 14.6 Å². The van der Waals surface area contributed by atoms with Crippen LogP contribution >= 0.6 is 0 Å². The third kappa shape index (κ3) is 4.73. The lowest BCUT2D eigenvalue weighted by atomic mass is 10.2. The van der Waals surface area contributed by atoms with Crippen LogP contribution in [0.25, 0.3) is 0 Å². The minimum atomic E-state index is -0.697. The molecule has 0 fully saturated rings. The highest BCUT2D eigenvalue weighted by molar-refractivity contribution is 5.49. The molecular formula is C17H24N4O3. The van der Waals surface area contributed by atoms with E-state index >= 15 is 0 Å². The van der Waals surface area contributed by atoms with E-state index in [-0.39, 0.29) is 12.6 Å². The van der Waals surface area contributed by atoms with E-state index in [1.165, 1.54) is 0 Å². The number of ether oxygens (including phenoxy) is 2.